The molecule has 0 aliphatic rings. The van der Waals surface area contributed by atoms with Crippen LogP contribution in [-0.4, -0.2) is 0 Å². The van der Waals surface area contributed by atoms with Crippen LogP contribution in [0.4, 0.5) is 5.69 Å². The van der Waals surface area contributed by atoms with Crippen LogP contribution in [0, 0.1) is 11.3 Å². The quantitative estimate of drug-likeness (QED) is 0.822. The van der Waals surface area contributed by atoms with Gasteiger partial charge in [-0.05, 0) is 30.3 Å². The van der Waals surface area contributed by atoms with Crippen LogP contribution in [-0.2, 0) is 0 Å². The molecule has 0 fully saturated rings. The molecule has 4 heteroatoms. The lowest BCUT2D eigenvalue weighted by Crippen LogP contribution is -1.90. The van der Waals surface area contributed by atoms with Crippen LogP contribution in [0.1, 0.15) is 5.56 Å². The number of rotatable bonds is 2. The van der Waals surface area contributed by atoms with Gasteiger partial charge >= 0.3 is 0 Å². The van der Waals surface area contributed by atoms with E-state index >= 15 is 0 Å². The molecule has 0 saturated heterocycles. The van der Waals surface area contributed by atoms with Crippen molar-refractivity contribution in [3.05, 3.63) is 53.1 Å². The van der Waals surface area contributed by atoms with Gasteiger partial charge in [0.25, 0.3) is 0 Å². The van der Waals surface area contributed by atoms with E-state index in [1.165, 1.54) is 0 Å². The maximum Gasteiger partial charge on any atom is 0.145 e. The molecule has 3 nitrogen and oxygen atoms in total. The zero-order valence-electron chi connectivity index (χ0n) is 8.85. The molecule has 0 radical (unpaired) electrons. The Morgan fingerprint density at radius 1 is 1.18 bits per heavy atom. The largest absolute Gasteiger partial charge is 0.456 e. The molecule has 0 aliphatic carbocycles. The Morgan fingerprint density at radius 3 is 2.71 bits per heavy atom. The van der Waals surface area contributed by atoms with Crippen LogP contribution in [0.25, 0.3) is 0 Å². The van der Waals surface area contributed by atoms with Crippen LogP contribution in [0.3, 0.4) is 0 Å². The van der Waals surface area contributed by atoms with Gasteiger partial charge in [-0.3, -0.25) is 0 Å². The number of hydrogen-bond acceptors (Lipinski definition) is 3. The highest BCUT2D eigenvalue weighted by atomic mass is 35.5. The summed E-state index contributed by atoms with van der Waals surface area (Å²) in [6.45, 7) is 0. The molecular formula is C13H9ClN2O. The molecule has 2 aromatic carbocycles. The first-order chi connectivity index (χ1) is 8.19. The third-order valence-corrected chi connectivity index (χ3v) is 2.38. The van der Waals surface area contributed by atoms with E-state index in [2.05, 4.69) is 0 Å². The van der Waals surface area contributed by atoms with Gasteiger partial charge in [0.1, 0.15) is 17.6 Å². The normalized spacial score (nSPS) is 9.65. The van der Waals surface area contributed by atoms with Gasteiger partial charge < -0.3 is 10.5 Å². The fourth-order valence-electron chi connectivity index (χ4n) is 1.38. The highest BCUT2D eigenvalue weighted by Gasteiger charge is 2.05. The zero-order valence-corrected chi connectivity index (χ0v) is 9.61. The van der Waals surface area contributed by atoms with E-state index in [-0.39, 0.29) is 0 Å². The van der Waals surface area contributed by atoms with Crippen LogP contribution < -0.4 is 10.5 Å². The maximum absolute atomic E-state index is 8.96. The summed E-state index contributed by atoms with van der Waals surface area (Å²) in [5.74, 6) is 1.05. The number of nitrogens with two attached hydrogens (primary N) is 1. The third kappa shape index (κ3) is 2.68. The van der Waals surface area contributed by atoms with Crippen molar-refractivity contribution in [3.63, 3.8) is 0 Å². The summed E-state index contributed by atoms with van der Waals surface area (Å²) in [5, 5.41) is 9.46. The van der Waals surface area contributed by atoms with Gasteiger partial charge in [0, 0.05) is 16.8 Å². The fraction of sp³-hybridized carbons (Fsp3) is 0. The number of benzene rings is 2. The number of halogens is 1. The molecule has 0 heterocycles. The second-order valence-electron chi connectivity index (χ2n) is 3.43. The lowest BCUT2D eigenvalue weighted by Gasteiger charge is -2.07. The molecule has 0 unspecified atom stereocenters. The van der Waals surface area contributed by atoms with Crippen molar-refractivity contribution in [2.45, 2.75) is 0 Å². The minimum absolute atomic E-state index is 0.389. The van der Waals surface area contributed by atoms with E-state index in [0.717, 1.165) is 0 Å². The van der Waals surface area contributed by atoms with Crippen molar-refractivity contribution in [1.82, 2.24) is 0 Å². The Balaban J connectivity index is 2.34. The van der Waals surface area contributed by atoms with Crippen molar-refractivity contribution in [1.29, 1.82) is 5.26 Å². The van der Waals surface area contributed by atoms with Gasteiger partial charge in [0.2, 0.25) is 0 Å². The van der Waals surface area contributed by atoms with E-state index in [4.69, 9.17) is 27.3 Å². The first kappa shape index (κ1) is 11.3. The van der Waals surface area contributed by atoms with E-state index in [9.17, 15) is 0 Å². The average Bonchev–Trinajstić information content (AvgIpc) is 2.31. The predicted molar refractivity (Wildman–Crippen MR) is 67.1 cm³/mol. The minimum atomic E-state index is 0.389. The summed E-state index contributed by atoms with van der Waals surface area (Å²) in [6.07, 6.45) is 0. The smallest absolute Gasteiger partial charge is 0.145 e. The van der Waals surface area contributed by atoms with Gasteiger partial charge in [0.05, 0.1) is 5.56 Å². The van der Waals surface area contributed by atoms with Gasteiger partial charge in [-0.15, -0.1) is 0 Å². The molecule has 0 aliphatic heterocycles. The Kier molecular flexibility index (Phi) is 3.17. The fourth-order valence-corrected chi connectivity index (χ4v) is 1.56. The highest BCUT2D eigenvalue weighted by molar-refractivity contribution is 6.30. The summed E-state index contributed by atoms with van der Waals surface area (Å²) < 4.78 is 5.58. The molecule has 17 heavy (non-hydrogen) atoms. The Labute approximate surface area is 104 Å². The van der Waals surface area contributed by atoms with Crippen LogP contribution >= 0.6 is 11.6 Å². The molecule has 0 amide bonds. The highest BCUT2D eigenvalue weighted by Crippen LogP contribution is 2.28. The van der Waals surface area contributed by atoms with E-state index < -0.39 is 0 Å². The Bertz CT molecular complexity index is 590. The molecule has 0 bridgehead atoms. The van der Waals surface area contributed by atoms with Crippen molar-refractivity contribution < 1.29 is 4.74 Å². The van der Waals surface area contributed by atoms with E-state index in [1.807, 2.05) is 6.07 Å². The predicted octanol–water partition coefficient (Wildman–Crippen LogP) is 3.59. The number of nitrogen functional groups attached to an aromatic ring is 1. The molecule has 0 atom stereocenters. The zero-order chi connectivity index (χ0) is 12.3. The standard InChI is InChI=1S/C13H9ClN2O/c14-10-4-5-13(9(6-10)8-15)17-12-3-1-2-11(16)7-12/h1-7H,16H2. The van der Waals surface area contributed by atoms with Crippen LogP contribution in [0.2, 0.25) is 5.02 Å². The molecule has 84 valence electrons. The topological polar surface area (TPSA) is 59.0 Å². The Morgan fingerprint density at radius 2 is 2.00 bits per heavy atom. The van der Waals surface area contributed by atoms with Gasteiger partial charge in [-0.25, -0.2) is 0 Å². The monoisotopic (exact) mass is 244 g/mol. The van der Waals surface area contributed by atoms with Crippen molar-refractivity contribution >= 4 is 17.3 Å². The number of nitrogens with zero attached hydrogens (tertiary/aromatic N) is 1. The first-order valence-electron chi connectivity index (χ1n) is 4.92. The van der Waals surface area contributed by atoms with E-state index in [0.29, 0.717) is 27.8 Å². The van der Waals surface area contributed by atoms with Crippen LogP contribution in [0.15, 0.2) is 42.5 Å². The van der Waals surface area contributed by atoms with Crippen molar-refractivity contribution in [2.24, 2.45) is 0 Å². The number of hydrogen-bond donors (Lipinski definition) is 1. The van der Waals surface area contributed by atoms with Gasteiger partial charge in [0.15, 0.2) is 0 Å². The first-order valence-corrected chi connectivity index (χ1v) is 5.30. The molecule has 2 N–H and O–H groups in total. The third-order valence-electron chi connectivity index (χ3n) is 2.15. The molecule has 2 aromatic rings. The SMILES string of the molecule is N#Cc1cc(Cl)ccc1Oc1cccc(N)c1. The number of nitriles is 1. The van der Waals surface area contributed by atoms with Crippen molar-refractivity contribution in [3.8, 4) is 17.6 Å². The lowest BCUT2D eigenvalue weighted by atomic mass is 10.2. The summed E-state index contributed by atoms with van der Waals surface area (Å²) >= 11 is 5.80. The summed E-state index contributed by atoms with van der Waals surface area (Å²) in [5.41, 5.74) is 6.64. The number of anilines is 1. The molecule has 0 spiro atoms. The molecule has 0 aromatic heterocycles. The lowest BCUT2D eigenvalue weighted by molar-refractivity contribution is 0.481. The number of ether oxygens (including phenoxy) is 1. The second kappa shape index (κ2) is 4.77. The van der Waals surface area contributed by atoms with Crippen LogP contribution in [0.5, 0.6) is 11.5 Å². The van der Waals surface area contributed by atoms with Gasteiger partial charge in [-0.2, -0.15) is 5.26 Å². The Hall–Kier alpha value is -2.18. The summed E-state index contributed by atoms with van der Waals surface area (Å²) in [6, 6.07) is 13.9. The minimum Gasteiger partial charge on any atom is -0.456 e. The maximum atomic E-state index is 8.96. The average molecular weight is 245 g/mol. The second-order valence-corrected chi connectivity index (χ2v) is 3.86. The van der Waals surface area contributed by atoms with Gasteiger partial charge in [-0.1, -0.05) is 17.7 Å². The molecule has 0 saturated carbocycles. The summed E-state index contributed by atoms with van der Waals surface area (Å²) in [7, 11) is 0. The van der Waals surface area contributed by atoms with E-state index in [1.54, 1.807) is 42.5 Å². The molecular weight excluding hydrogens is 236 g/mol. The molecule has 2 rings (SSSR count). The summed E-state index contributed by atoms with van der Waals surface area (Å²) in [4.78, 5) is 0. The van der Waals surface area contributed by atoms with Crippen molar-refractivity contribution in [2.75, 3.05) is 5.73 Å².